The smallest absolute Gasteiger partial charge is 0.320 e. The molecule has 0 spiro atoms. The van der Waals surface area contributed by atoms with Crippen LogP contribution in [-0.2, 0) is 27.3 Å². The highest BCUT2D eigenvalue weighted by Crippen LogP contribution is 2.41. The zero-order valence-electron chi connectivity index (χ0n) is 27.7. The fourth-order valence-electron chi connectivity index (χ4n) is 6.66. The molecule has 2 aromatic heterocycles. The highest BCUT2D eigenvalue weighted by Gasteiger charge is 2.45. The van der Waals surface area contributed by atoms with E-state index in [9.17, 15) is 9.59 Å². The Kier molecular flexibility index (Phi) is 9.38. The minimum Gasteiger partial charge on any atom is -0.457 e. The molecule has 11 nitrogen and oxygen atoms in total. The molecule has 0 radical (unpaired) electrons. The van der Waals surface area contributed by atoms with Crippen molar-refractivity contribution < 1.29 is 19.1 Å². The van der Waals surface area contributed by atoms with Gasteiger partial charge in [0, 0.05) is 55.7 Å². The van der Waals surface area contributed by atoms with Crippen LogP contribution in [-0.4, -0.2) is 75.5 Å². The molecule has 0 unspecified atom stereocenters. The standard InChI is InChI=1S/C36H43N7O4/c1-23-32(25-19-37-30(38-20-25)22-47-34(44)36(2,3)4)41-43(26-12-7-6-8-13-26)33(23)40-35(45)39-28-21-42(17-18-46-5)29-16-15-24-11-9-10-14-27(24)31(28)29/h6-14,19-20,28-29,31H,15-18,21-22H2,1-5H3,(H2,39,40,45)/t28-,29+,31+/m1/s1. The van der Waals surface area contributed by atoms with Crippen molar-refractivity contribution in [3.8, 4) is 16.9 Å². The normalized spacial score (nSPS) is 19.1. The number of nitrogens with zero attached hydrogens (tertiary/aromatic N) is 5. The number of fused-ring (bicyclic) bond motifs is 3. The Hall–Kier alpha value is -4.61. The van der Waals surface area contributed by atoms with Crippen LogP contribution < -0.4 is 10.6 Å². The minimum atomic E-state index is -0.610. The molecule has 2 N–H and O–H groups in total. The first-order valence-electron chi connectivity index (χ1n) is 16.2. The minimum absolute atomic E-state index is 0.0167. The van der Waals surface area contributed by atoms with Gasteiger partial charge in [0.1, 0.15) is 11.5 Å². The van der Waals surface area contributed by atoms with E-state index in [0.717, 1.165) is 37.2 Å². The van der Waals surface area contributed by atoms with Crippen LogP contribution in [0.3, 0.4) is 0 Å². The number of aryl methyl sites for hydroxylation is 1. The molecule has 11 heteroatoms. The monoisotopic (exact) mass is 637 g/mol. The van der Waals surface area contributed by atoms with Crippen molar-refractivity contribution in [2.24, 2.45) is 5.41 Å². The first-order chi connectivity index (χ1) is 22.6. The maximum absolute atomic E-state index is 13.8. The molecule has 47 heavy (non-hydrogen) atoms. The summed E-state index contributed by atoms with van der Waals surface area (Å²) in [6.07, 6.45) is 5.41. The quantitative estimate of drug-likeness (QED) is 0.238. The average molecular weight is 638 g/mol. The van der Waals surface area contributed by atoms with Gasteiger partial charge in [0.2, 0.25) is 0 Å². The van der Waals surface area contributed by atoms with E-state index in [1.54, 1.807) is 45.0 Å². The van der Waals surface area contributed by atoms with Crippen molar-refractivity contribution in [1.29, 1.82) is 0 Å². The molecule has 4 aromatic rings. The number of hydrogen-bond donors (Lipinski definition) is 2. The third-order valence-corrected chi connectivity index (χ3v) is 9.05. The van der Waals surface area contributed by atoms with Gasteiger partial charge in [-0.25, -0.2) is 19.4 Å². The molecule has 2 aromatic carbocycles. The van der Waals surface area contributed by atoms with E-state index in [1.165, 1.54) is 11.1 Å². The lowest BCUT2D eigenvalue weighted by Crippen LogP contribution is -2.43. The maximum atomic E-state index is 13.8. The summed E-state index contributed by atoms with van der Waals surface area (Å²) in [4.78, 5) is 37.3. The largest absolute Gasteiger partial charge is 0.457 e. The van der Waals surface area contributed by atoms with Crippen LogP contribution >= 0.6 is 0 Å². The summed E-state index contributed by atoms with van der Waals surface area (Å²) in [7, 11) is 1.73. The summed E-state index contributed by atoms with van der Waals surface area (Å²) in [6, 6.07) is 18.3. The molecule has 6 rings (SSSR count). The van der Waals surface area contributed by atoms with Gasteiger partial charge in [-0.1, -0.05) is 42.5 Å². The number of amides is 2. The Morgan fingerprint density at radius 1 is 1.02 bits per heavy atom. The summed E-state index contributed by atoms with van der Waals surface area (Å²) in [5.41, 5.74) is 4.95. The van der Waals surface area contributed by atoms with Crippen molar-refractivity contribution in [2.75, 3.05) is 32.1 Å². The summed E-state index contributed by atoms with van der Waals surface area (Å²) in [5, 5.41) is 11.4. The van der Waals surface area contributed by atoms with Crippen LogP contribution in [0, 0.1) is 12.3 Å². The SMILES string of the molecule is COCCN1C[C@@H](NC(=O)Nc2c(C)c(-c3cnc(COC(=O)C(C)(C)C)nc3)nn2-c2ccccc2)[C@@H]2c3ccccc3CC[C@@H]21. The van der Waals surface area contributed by atoms with E-state index in [-0.39, 0.29) is 30.6 Å². The summed E-state index contributed by atoms with van der Waals surface area (Å²) in [6.45, 7) is 9.52. The van der Waals surface area contributed by atoms with Crippen molar-refractivity contribution in [3.05, 3.63) is 89.5 Å². The average Bonchev–Trinajstić information content (AvgIpc) is 3.59. The van der Waals surface area contributed by atoms with Crippen molar-refractivity contribution in [2.45, 2.75) is 65.1 Å². The molecular weight excluding hydrogens is 594 g/mol. The number of urea groups is 1. The zero-order chi connectivity index (χ0) is 33.1. The Morgan fingerprint density at radius 2 is 1.74 bits per heavy atom. The number of para-hydroxylation sites is 1. The fraction of sp³-hybridized carbons (Fsp3) is 0.417. The predicted octanol–water partition coefficient (Wildman–Crippen LogP) is 5.28. The lowest BCUT2D eigenvalue weighted by atomic mass is 9.78. The summed E-state index contributed by atoms with van der Waals surface area (Å²) >= 11 is 0. The van der Waals surface area contributed by atoms with Crippen molar-refractivity contribution in [1.82, 2.24) is 30.0 Å². The van der Waals surface area contributed by atoms with E-state index in [4.69, 9.17) is 14.6 Å². The Labute approximate surface area is 275 Å². The van der Waals surface area contributed by atoms with Crippen molar-refractivity contribution >= 4 is 17.8 Å². The molecule has 0 saturated carbocycles. The molecule has 1 aliphatic heterocycles. The number of likely N-dealkylation sites (tertiary alicyclic amines) is 1. The number of anilines is 1. The number of aromatic nitrogens is 4. The van der Waals surface area contributed by atoms with Gasteiger partial charge in [-0.3, -0.25) is 15.0 Å². The Balaban J connectivity index is 1.25. The fourth-order valence-corrected chi connectivity index (χ4v) is 6.66. The Bertz CT molecular complexity index is 1720. The molecule has 3 atom stereocenters. The number of esters is 1. The summed E-state index contributed by atoms with van der Waals surface area (Å²) < 4.78 is 12.5. The topological polar surface area (TPSA) is 124 Å². The van der Waals surface area contributed by atoms with Crippen LogP contribution in [0.4, 0.5) is 10.6 Å². The Morgan fingerprint density at radius 3 is 2.47 bits per heavy atom. The molecule has 2 aliphatic rings. The van der Waals surface area contributed by atoms with Gasteiger partial charge < -0.3 is 14.8 Å². The van der Waals surface area contributed by atoms with Crippen LogP contribution in [0.15, 0.2) is 67.0 Å². The van der Waals surface area contributed by atoms with E-state index in [2.05, 4.69) is 49.8 Å². The lowest BCUT2D eigenvalue weighted by Gasteiger charge is -2.34. The van der Waals surface area contributed by atoms with Gasteiger partial charge in [-0.2, -0.15) is 5.10 Å². The number of hydrogen-bond acceptors (Lipinski definition) is 8. The van der Waals surface area contributed by atoms with E-state index in [1.807, 2.05) is 37.3 Å². The van der Waals surface area contributed by atoms with Crippen LogP contribution in [0.25, 0.3) is 16.9 Å². The van der Waals surface area contributed by atoms with Gasteiger partial charge in [0.25, 0.3) is 0 Å². The van der Waals surface area contributed by atoms with Crippen LogP contribution in [0.2, 0.25) is 0 Å². The zero-order valence-corrected chi connectivity index (χ0v) is 27.7. The maximum Gasteiger partial charge on any atom is 0.320 e. The first-order valence-corrected chi connectivity index (χ1v) is 16.2. The number of benzene rings is 2. The van der Waals surface area contributed by atoms with Gasteiger partial charge >= 0.3 is 12.0 Å². The lowest BCUT2D eigenvalue weighted by molar-refractivity contribution is -0.154. The van der Waals surface area contributed by atoms with Crippen molar-refractivity contribution in [3.63, 3.8) is 0 Å². The first kappa shape index (κ1) is 32.3. The number of rotatable bonds is 9. The van der Waals surface area contributed by atoms with Crippen LogP contribution in [0.1, 0.15) is 55.6 Å². The number of ether oxygens (including phenoxy) is 2. The number of nitrogens with one attached hydrogen (secondary N) is 2. The second kappa shape index (κ2) is 13.6. The van der Waals surface area contributed by atoms with Gasteiger partial charge in [-0.05, 0) is 63.8 Å². The van der Waals surface area contributed by atoms with Gasteiger partial charge in [-0.15, -0.1) is 0 Å². The molecule has 1 aliphatic carbocycles. The predicted molar refractivity (Wildman–Crippen MR) is 179 cm³/mol. The number of methoxy groups -OCH3 is 1. The number of carbonyl (C=O) groups is 2. The van der Waals surface area contributed by atoms with E-state index >= 15 is 0 Å². The molecule has 2 amide bonds. The second-order valence-electron chi connectivity index (χ2n) is 13.3. The number of carbonyl (C=O) groups excluding carboxylic acids is 2. The summed E-state index contributed by atoms with van der Waals surface area (Å²) in [5.74, 6) is 0.821. The molecule has 3 heterocycles. The third kappa shape index (κ3) is 6.91. The molecule has 1 saturated heterocycles. The van der Waals surface area contributed by atoms with E-state index in [0.29, 0.717) is 35.5 Å². The van der Waals surface area contributed by atoms with Crippen LogP contribution in [0.5, 0.6) is 0 Å². The molecule has 246 valence electrons. The molecule has 0 bridgehead atoms. The highest BCUT2D eigenvalue weighted by atomic mass is 16.5. The van der Waals surface area contributed by atoms with Gasteiger partial charge in [0.05, 0.1) is 23.8 Å². The third-order valence-electron chi connectivity index (χ3n) is 9.05. The van der Waals surface area contributed by atoms with Gasteiger partial charge in [0.15, 0.2) is 12.4 Å². The highest BCUT2D eigenvalue weighted by molar-refractivity contribution is 5.91. The second-order valence-corrected chi connectivity index (χ2v) is 13.3. The molecule has 1 fully saturated rings. The molecular formula is C36H43N7O4. The van der Waals surface area contributed by atoms with E-state index < -0.39 is 5.41 Å².